The van der Waals surface area contributed by atoms with E-state index in [0.717, 1.165) is 24.7 Å². The van der Waals surface area contributed by atoms with Crippen LogP contribution in [0.4, 0.5) is 0 Å². The molecule has 3 fully saturated rings. The first kappa shape index (κ1) is 16.8. The Kier molecular flexibility index (Phi) is 4.92. The molecule has 2 aliphatic carbocycles. The Morgan fingerprint density at radius 2 is 2.23 bits per heavy atom. The van der Waals surface area contributed by atoms with Gasteiger partial charge in [0.05, 0.1) is 5.92 Å². The summed E-state index contributed by atoms with van der Waals surface area (Å²) in [6.07, 6.45) is 8.90. The van der Waals surface area contributed by atoms with Gasteiger partial charge in [0.25, 0.3) is 0 Å². The van der Waals surface area contributed by atoms with Crippen LogP contribution in [0.25, 0.3) is 0 Å². The summed E-state index contributed by atoms with van der Waals surface area (Å²) in [5.41, 5.74) is 2.17. The normalized spacial score (nSPS) is 44.9. The Labute approximate surface area is 148 Å². The molecule has 0 aromatic heterocycles. The number of halogens is 1. The van der Waals surface area contributed by atoms with Gasteiger partial charge in [-0.2, -0.15) is 0 Å². The SMILES string of the molecule is C[C@H](C[C@H]1C[C@H](C)C(=O)O1)[C@H]1CCC2C(=CI)CCC[C@@]21C. The van der Waals surface area contributed by atoms with Gasteiger partial charge in [-0.25, -0.2) is 0 Å². The fraction of sp³-hybridized carbons (Fsp3) is 0.842. The molecule has 22 heavy (non-hydrogen) atoms. The van der Waals surface area contributed by atoms with E-state index in [-0.39, 0.29) is 18.0 Å². The average molecular weight is 416 g/mol. The maximum Gasteiger partial charge on any atom is 0.309 e. The fourth-order valence-corrected chi connectivity index (χ4v) is 6.43. The van der Waals surface area contributed by atoms with Crippen LogP contribution in [0.5, 0.6) is 0 Å². The van der Waals surface area contributed by atoms with Gasteiger partial charge >= 0.3 is 5.97 Å². The van der Waals surface area contributed by atoms with Crippen molar-refractivity contribution in [2.24, 2.45) is 29.1 Å². The number of cyclic esters (lactones) is 1. The van der Waals surface area contributed by atoms with Gasteiger partial charge in [0, 0.05) is 0 Å². The van der Waals surface area contributed by atoms with E-state index in [4.69, 9.17) is 4.74 Å². The maximum atomic E-state index is 11.6. The van der Waals surface area contributed by atoms with E-state index in [2.05, 4.69) is 40.5 Å². The van der Waals surface area contributed by atoms with Crippen LogP contribution in [0.1, 0.15) is 65.7 Å². The summed E-state index contributed by atoms with van der Waals surface area (Å²) in [4.78, 5) is 11.6. The van der Waals surface area contributed by atoms with E-state index in [0.29, 0.717) is 11.3 Å². The van der Waals surface area contributed by atoms with Gasteiger partial charge < -0.3 is 4.74 Å². The first-order valence-electron chi connectivity index (χ1n) is 8.95. The fourth-order valence-electron chi connectivity index (χ4n) is 5.69. The summed E-state index contributed by atoms with van der Waals surface area (Å²) in [6, 6.07) is 0. The van der Waals surface area contributed by atoms with E-state index >= 15 is 0 Å². The van der Waals surface area contributed by atoms with E-state index in [9.17, 15) is 4.79 Å². The Morgan fingerprint density at radius 1 is 1.45 bits per heavy atom. The highest BCUT2D eigenvalue weighted by molar-refractivity contribution is 14.1. The molecule has 3 heteroatoms. The van der Waals surface area contributed by atoms with Crippen molar-refractivity contribution in [3.8, 4) is 0 Å². The molecule has 0 bridgehead atoms. The Balaban J connectivity index is 1.68. The number of fused-ring (bicyclic) bond motifs is 1. The highest BCUT2D eigenvalue weighted by Gasteiger charge is 2.51. The molecule has 2 nitrogen and oxygen atoms in total. The van der Waals surface area contributed by atoms with Gasteiger partial charge in [0.1, 0.15) is 6.10 Å². The van der Waals surface area contributed by atoms with Crippen LogP contribution in [0, 0.1) is 29.1 Å². The average Bonchev–Trinajstić information content (AvgIpc) is 2.98. The van der Waals surface area contributed by atoms with Crippen LogP contribution in [0.2, 0.25) is 0 Å². The molecule has 1 saturated heterocycles. The lowest BCUT2D eigenvalue weighted by Gasteiger charge is -2.44. The monoisotopic (exact) mass is 416 g/mol. The van der Waals surface area contributed by atoms with Gasteiger partial charge in [-0.1, -0.05) is 48.9 Å². The zero-order valence-corrected chi connectivity index (χ0v) is 16.3. The summed E-state index contributed by atoms with van der Waals surface area (Å²) in [5.74, 6) is 2.37. The van der Waals surface area contributed by atoms with E-state index in [1.54, 1.807) is 5.57 Å². The molecule has 0 aromatic rings. The largest absolute Gasteiger partial charge is 0.462 e. The number of allylic oxidation sites excluding steroid dienone is 1. The summed E-state index contributed by atoms with van der Waals surface area (Å²) >= 11 is 2.44. The van der Waals surface area contributed by atoms with E-state index in [1.165, 1.54) is 32.1 Å². The van der Waals surface area contributed by atoms with Crippen molar-refractivity contribution in [1.29, 1.82) is 0 Å². The van der Waals surface area contributed by atoms with Crippen molar-refractivity contribution >= 4 is 28.6 Å². The highest BCUT2D eigenvalue weighted by atomic mass is 127. The zero-order valence-electron chi connectivity index (χ0n) is 14.1. The molecule has 1 unspecified atom stereocenters. The minimum absolute atomic E-state index is 0.0144. The molecule has 3 aliphatic rings. The Hall–Kier alpha value is -0.0600. The van der Waals surface area contributed by atoms with Gasteiger partial charge in [-0.3, -0.25) is 4.79 Å². The number of rotatable bonds is 3. The molecule has 3 rings (SSSR count). The second kappa shape index (κ2) is 6.45. The molecular weight excluding hydrogens is 387 g/mol. The maximum absolute atomic E-state index is 11.6. The van der Waals surface area contributed by atoms with Crippen molar-refractivity contribution in [2.45, 2.75) is 71.8 Å². The summed E-state index contributed by atoms with van der Waals surface area (Å²) < 4.78 is 7.92. The molecule has 0 radical (unpaired) electrons. The Bertz CT molecular complexity index is 472. The van der Waals surface area contributed by atoms with Crippen molar-refractivity contribution in [3.63, 3.8) is 0 Å². The number of carbonyl (C=O) groups is 1. The van der Waals surface area contributed by atoms with Gasteiger partial charge in [0.15, 0.2) is 0 Å². The predicted octanol–water partition coefficient (Wildman–Crippen LogP) is 5.50. The lowest BCUT2D eigenvalue weighted by molar-refractivity contribution is -0.144. The summed E-state index contributed by atoms with van der Waals surface area (Å²) in [7, 11) is 0. The molecule has 124 valence electrons. The molecule has 6 atom stereocenters. The Morgan fingerprint density at radius 3 is 2.86 bits per heavy atom. The van der Waals surface area contributed by atoms with Gasteiger partial charge in [-0.15, -0.1) is 0 Å². The highest BCUT2D eigenvalue weighted by Crippen LogP contribution is 2.60. The molecule has 2 saturated carbocycles. The van der Waals surface area contributed by atoms with Crippen LogP contribution >= 0.6 is 22.6 Å². The van der Waals surface area contributed by atoms with E-state index < -0.39 is 0 Å². The van der Waals surface area contributed by atoms with Crippen LogP contribution in [-0.2, 0) is 9.53 Å². The second-order valence-electron chi connectivity index (χ2n) is 8.19. The smallest absolute Gasteiger partial charge is 0.309 e. The minimum atomic E-state index is 0.0144. The van der Waals surface area contributed by atoms with Crippen LogP contribution in [0.15, 0.2) is 9.66 Å². The zero-order chi connectivity index (χ0) is 15.9. The number of hydrogen-bond donors (Lipinski definition) is 0. The quantitative estimate of drug-likeness (QED) is 0.449. The molecular formula is C19H29IO2. The van der Waals surface area contributed by atoms with Crippen molar-refractivity contribution in [1.82, 2.24) is 0 Å². The molecule has 1 aliphatic heterocycles. The molecule has 0 aromatic carbocycles. The number of carbonyl (C=O) groups excluding carboxylic acids is 1. The lowest BCUT2D eigenvalue weighted by Crippen LogP contribution is -2.36. The predicted molar refractivity (Wildman–Crippen MR) is 97.7 cm³/mol. The summed E-state index contributed by atoms with van der Waals surface area (Å²) in [6.45, 7) is 6.93. The third-order valence-electron chi connectivity index (χ3n) is 6.80. The molecule has 0 N–H and O–H groups in total. The lowest BCUT2D eigenvalue weighted by atomic mass is 9.61. The number of hydrogen-bond acceptors (Lipinski definition) is 2. The number of esters is 1. The van der Waals surface area contributed by atoms with Crippen molar-refractivity contribution in [3.05, 3.63) is 9.66 Å². The van der Waals surface area contributed by atoms with Crippen molar-refractivity contribution in [2.75, 3.05) is 0 Å². The number of ether oxygens (including phenoxy) is 1. The second-order valence-corrected chi connectivity index (χ2v) is 8.81. The third-order valence-corrected chi connectivity index (χ3v) is 7.60. The minimum Gasteiger partial charge on any atom is -0.462 e. The molecule has 0 amide bonds. The molecule has 0 spiro atoms. The van der Waals surface area contributed by atoms with Crippen LogP contribution < -0.4 is 0 Å². The van der Waals surface area contributed by atoms with Gasteiger partial charge in [-0.05, 0) is 72.2 Å². The topological polar surface area (TPSA) is 26.3 Å². The third kappa shape index (κ3) is 2.87. The van der Waals surface area contributed by atoms with E-state index in [1.807, 2.05) is 6.92 Å². The first-order chi connectivity index (χ1) is 10.5. The van der Waals surface area contributed by atoms with Crippen molar-refractivity contribution < 1.29 is 9.53 Å². The first-order valence-corrected chi connectivity index (χ1v) is 10.2. The summed E-state index contributed by atoms with van der Waals surface area (Å²) in [5, 5.41) is 0. The van der Waals surface area contributed by atoms with Gasteiger partial charge in [0.2, 0.25) is 0 Å². The van der Waals surface area contributed by atoms with Crippen LogP contribution in [0.3, 0.4) is 0 Å². The van der Waals surface area contributed by atoms with Crippen LogP contribution in [-0.4, -0.2) is 12.1 Å². The molecule has 1 heterocycles. The standard InChI is InChI=1S/C19H29IO2/c1-12(9-15-10-13(2)18(21)22-15)16-6-7-17-14(11-20)5-4-8-19(16,17)3/h11-13,15-17H,4-10H2,1-3H3/t12-,13+,15+,16-,17?,19-/m1/s1.